The number of esters is 1. The molecule has 4 saturated carbocycles. The van der Waals surface area contributed by atoms with Crippen molar-refractivity contribution in [1.82, 2.24) is 0 Å². The molecule has 0 radical (unpaired) electrons. The smallest absolute Gasteiger partial charge is 0.302 e. The fraction of sp³-hybridized carbons (Fsp3) is 0.906. The van der Waals surface area contributed by atoms with Crippen molar-refractivity contribution < 1.29 is 14.6 Å². The first-order chi connectivity index (χ1) is 16.2. The predicted octanol–water partition coefficient (Wildman–Crippen LogP) is 7.71. The lowest BCUT2D eigenvalue weighted by molar-refractivity contribution is -0.191. The van der Waals surface area contributed by atoms with E-state index in [2.05, 4.69) is 54.5 Å². The third-order valence-corrected chi connectivity index (χ3v) is 13.1. The molecule has 0 amide bonds. The molecule has 1 N–H and O–H groups in total. The second-order valence-corrected chi connectivity index (χ2v) is 15.5. The number of fused-ring (bicyclic) bond motifs is 6. The van der Waals surface area contributed by atoms with Crippen LogP contribution >= 0.6 is 0 Å². The molecule has 35 heavy (non-hydrogen) atoms. The van der Waals surface area contributed by atoms with Crippen LogP contribution in [0.2, 0.25) is 0 Å². The molecule has 3 nitrogen and oxygen atoms in total. The van der Waals surface area contributed by atoms with Gasteiger partial charge in [-0.3, -0.25) is 4.79 Å². The van der Waals surface area contributed by atoms with Crippen LogP contribution in [0.1, 0.15) is 120 Å². The maximum atomic E-state index is 11.9. The van der Waals surface area contributed by atoms with Gasteiger partial charge in [0.1, 0.15) is 6.10 Å². The molecular weight excluding hydrogens is 432 g/mol. The van der Waals surface area contributed by atoms with Gasteiger partial charge in [-0.15, -0.1) is 0 Å². The van der Waals surface area contributed by atoms with Crippen LogP contribution in [0, 0.1) is 50.7 Å². The number of carbonyl (C=O) groups is 1. The first-order valence-corrected chi connectivity index (χ1v) is 14.7. The summed E-state index contributed by atoms with van der Waals surface area (Å²) in [5, 5.41) is 10.9. The van der Waals surface area contributed by atoms with E-state index in [-0.39, 0.29) is 29.0 Å². The third-order valence-electron chi connectivity index (χ3n) is 13.1. The van der Waals surface area contributed by atoms with Crippen molar-refractivity contribution in [3.05, 3.63) is 11.6 Å². The number of allylic oxidation sites excluding steroid dienone is 2. The highest BCUT2D eigenvalue weighted by Crippen LogP contribution is 2.70. The van der Waals surface area contributed by atoms with Gasteiger partial charge in [-0.1, -0.05) is 60.1 Å². The van der Waals surface area contributed by atoms with Gasteiger partial charge in [0, 0.05) is 12.3 Å². The summed E-state index contributed by atoms with van der Waals surface area (Å²) in [6, 6.07) is 0. The topological polar surface area (TPSA) is 46.5 Å². The summed E-state index contributed by atoms with van der Waals surface area (Å²) < 4.78 is 5.90. The highest BCUT2D eigenvalue weighted by molar-refractivity contribution is 5.66. The van der Waals surface area contributed by atoms with Gasteiger partial charge < -0.3 is 9.84 Å². The first kappa shape index (κ1) is 25.8. The highest BCUT2D eigenvalue weighted by atomic mass is 16.5. The molecule has 4 fully saturated rings. The van der Waals surface area contributed by atoms with E-state index in [4.69, 9.17) is 4.74 Å². The fourth-order valence-corrected chi connectivity index (χ4v) is 11.3. The van der Waals surface area contributed by atoms with Crippen molar-refractivity contribution in [3.63, 3.8) is 0 Å². The summed E-state index contributed by atoms with van der Waals surface area (Å²) >= 11 is 0. The Labute approximate surface area is 214 Å². The maximum Gasteiger partial charge on any atom is 0.302 e. The van der Waals surface area contributed by atoms with Crippen LogP contribution in [0.15, 0.2) is 11.6 Å². The summed E-state index contributed by atoms with van der Waals surface area (Å²) in [7, 11) is 0. The van der Waals surface area contributed by atoms with Gasteiger partial charge in [-0.05, 0) is 110 Å². The van der Waals surface area contributed by atoms with Crippen LogP contribution in [0.4, 0.5) is 0 Å². The second-order valence-electron chi connectivity index (χ2n) is 15.5. The molecule has 5 aliphatic rings. The maximum absolute atomic E-state index is 11.9. The molecule has 5 rings (SSSR count). The Morgan fingerprint density at radius 1 is 0.829 bits per heavy atom. The molecule has 2 unspecified atom stereocenters. The number of rotatable bonds is 1. The van der Waals surface area contributed by atoms with Crippen molar-refractivity contribution in [2.24, 2.45) is 50.7 Å². The van der Waals surface area contributed by atoms with Gasteiger partial charge in [0.25, 0.3) is 0 Å². The van der Waals surface area contributed by atoms with E-state index in [0.717, 1.165) is 25.2 Å². The molecule has 0 heterocycles. The second kappa shape index (κ2) is 8.08. The fourth-order valence-electron chi connectivity index (χ4n) is 11.3. The molecule has 5 aliphatic carbocycles. The number of ether oxygens (including phenoxy) is 1. The lowest BCUT2D eigenvalue weighted by Crippen LogP contribution is -2.59. The largest absolute Gasteiger partial charge is 0.462 e. The Morgan fingerprint density at radius 3 is 2.20 bits per heavy atom. The Balaban J connectivity index is 1.47. The number of aliphatic hydroxyl groups is 1. The lowest BCUT2D eigenvalue weighted by Gasteiger charge is -2.64. The molecule has 0 aromatic rings. The summed E-state index contributed by atoms with van der Waals surface area (Å²) in [6.07, 6.45) is 14.4. The Kier molecular flexibility index (Phi) is 5.96. The third kappa shape index (κ3) is 3.63. The number of carbonyl (C=O) groups excluding carboxylic acids is 1. The molecule has 0 spiro atoms. The molecule has 0 bridgehead atoms. The minimum Gasteiger partial charge on any atom is -0.462 e. The number of hydrogen-bond donors (Lipinski definition) is 1. The Hall–Kier alpha value is -0.830. The molecular formula is C32H52O3. The van der Waals surface area contributed by atoms with Crippen LogP contribution in [-0.4, -0.2) is 23.3 Å². The standard InChI is InChI=1S/C32H52O3/c1-20(33)35-27-15-18-32(8)24(29(27,4)5)13-16-30(6)19-21-9-11-23-28(2,3)26(34)14-17-31(23,7)22(21)10-12-25(30)32/h9,22-27,34H,10-19H2,1-8H3/t22-,23-,24-,25-,26?,27?,30-,31+,32-/m0/s1. The van der Waals surface area contributed by atoms with E-state index in [1.807, 2.05) is 0 Å². The molecule has 0 saturated heterocycles. The normalized spacial score (nSPS) is 50.4. The van der Waals surface area contributed by atoms with Crippen LogP contribution in [-0.2, 0) is 9.53 Å². The van der Waals surface area contributed by atoms with Gasteiger partial charge in [-0.25, -0.2) is 0 Å². The van der Waals surface area contributed by atoms with Crippen molar-refractivity contribution >= 4 is 5.97 Å². The molecule has 0 aromatic carbocycles. The lowest BCUT2D eigenvalue weighted by atomic mass is 9.42. The zero-order valence-electron chi connectivity index (χ0n) is 23.9. The van der Waals surface area contributed by atoms with E-state index in [9.17, 15) is 9.90 Å². The van der Waals surface area contributed by atoms with Gasteiger partial charge in [0.05, 0.1) is 6.10 Å². The van der Waals surface area contributed by atoms with E-state index < -0.39 is 0 Å². The average Bonchev–Trinajstić information content (AvgIpc) is 2.90. The van der Waals surface area contributed by atoms with E-state index in [1.165, 1.54) is 44.9 Å². The monoisotopic (exact) mass is 484 g/mol. The van der Waals surface area contributed by atoms with Crippen molar-refractivity contribution in [3.8, 4) is 0 Å². The molecule has 0 aromatic heterocycles. The van der Waals surface area contributed by atoms with E-state index >= 15 is 0 Å². The summed E-state index contributed by atoms with van der Waals surface area (Å²) in [5.41, 5.74) is 2.76. The Bertz CT molecular complexity index is 900. The predicted molar refractivity (Wildman–Crippen MR) is 142 cm³/mol. The summed E-state index contributed by atoms with van der Waals surface area (Å²) in [6.45, 7) is 18.8. The van der Waals surface area contributed by atoms with Crippen LogP contribution < -0.4 is 0 Å². The van der Waals surface area contributed by atoms with Gasteiger partial charge in [0.2, 0.25) is 0 Å². The molecule has 3 heteroatoms. The van der Waals surface area contributed by atoms with Crippen LogP contribution in [0.3, 0.4) is 0 Å². The van der Waals surface area contributed by atoms with Crippen LogP contribution in [0.5, 0.6) is 0 Å². The molecule has 0 aliphatic heterocycles. The zero-order chi connectivity index (χ0) is 25.6. The van der Waals surface area contributed by atoms with E-state index in [1.54, 1.807) is 12.5 Å². The zero-order valence-corrected chi connectivity index (χ0v) is 23.9. The quantitative estimate of drug-likeness (QED) is 0.306. The summed E-state index contributed by atoms with van der Waals surface area (Å²) in [4.78, 5) is 11.9. The first-order valence-electron chi connectivity index (χ1n) is 14.7. The highest BCUT2D eigenvalue weighted by Gasteiger charge is 2.63. The van der Waals surface area contributed by atoms with Crippen molar-refractivity contribution in [1.29, 1.82) is 0 Å². The van der Waals surface area contributed by atoms with Crippen molar-refractivity contribution in [2.45, 2.75) is 132 Å². The number of hydrogen-bond acceptors (Lipinski definition) is 3. The molecule has 198 valence electrons. The summed E-state index contributed by atoms with van der Waals surface area (Å²) in [5.74, 6) is 2.44. The van der Waals surface area contributed by atoms with Crippen LogP contribution in [0.25, 0.3) is 0 Å². The minimum absolute atomic E-state index is 0.00576. The van der Waals surface area contributed by atoms with Gasteiger partial charge >= 0.3 is 5.97 Å². The van der Waals surface area contributed by atoms with Gasteiger partial charge in [0.15, 0.2) is 0 Å². The number of aliphatic hydroxyl groups excluding tert-OH is 1. The van der Waals surface area contributed by atoms with E-state index in [0.29, 0.717) is 34.0 Å². The average molecular weight is 485 g/mol. The van der Waals surface area contributed by atoms with Crippen molar-refractivity contribution in [2.75, 3.05) is 0 Å². The minimum atomic E-state index is -0.171. The SMILES string of the molecule is CC(=O)OC1CC[C@@]2(C)[C@@H](CC[C@@]3(C)CC4=CC[C@H]5C(C)(C)C(O)CC[C@]5(C)[C@H]4CC[C@@H]32)C1(C)C. The Morgan fingerprint density at radius 2 is 1.51 bits per heavy atom. The van der Waals surface area contributed by atoms with Gasteiger partial charge in [-0.2, -0.15) is 0 Å². The molecule has 9 atom stereocenters.